The van der Waals surface area contributed by atoms with Crippen LogP contribution in [-0.2, 0) is 14.4 Å². The Hall–Kier alpha value is -3.16. The lowest BCUT2D eigenvalue weighted by Crippen LogP contribution is -2.58. The average Bonchev–Trinajstić information content (AvgIpc) is 2.65. The Morgan fingerprint density at radius 2 is 1.81 bits per heavy atom. The lowest BCUT2D eigenvalue weighted by atomic mass is 9.93. The van der Waals surface area contributed by atoms with Gasteiger partial charge in [-0.25, -0.2) is 4.79 Å². The van der Waals surface area contributed by atoms with Crippen LogP contribution in [0.15, 0.2) is 29.8 Å². The number of barbiturate groups is 1. The van der Waals surface area contributed by atoms with Crippen molar-refractivity contribution in [3.05, 3.63) is 35.4 Å². The van der Waals surface area contributed by atoms with Gasteiger partial charge in [0.05, 0.1) is 5.97 Å². The lowest BCUT2D eigenvalue weighted by Gasteiger charge is -2.35. The number of imide groups is 2. The zero-order valence-corrected chi connectivity index (χ0v) is 14.6. The monoisotopic (exact) mass is 371 g/mol. The Morgan fingerprint density at radius 3 is 2.44 bits per heavy atom. The van der Waals surface area contributed by atoms with Gasteiger partial charge in [0, 0.05) is 6.04 Å². The summed E-state index contributed by atoms with van der Waals surface area (Å²) < 4.78 is 4.98. The predicted octanol–water partition coefficient (Wildman–Crippen LogP) is 0.610. The van der Waals surface area contributed by atoms with E-state index < -0.39 is 30.4 Å². The molecule has 0 bridgehead atoms. The molecule has 1 saturated carbocycles. The first kappa shape index (κ1) is 18.6. The third-order valence-electron chi connectivity index (χ3n) is 4.62. The molecule has 1 aliphatic heterocycles. The number of nitrogens with one attached hydrogen (secondary N) is 1. The number of urea groups is 1. The molecule has 0 spiro atoms. The lowest BCUT2D eigenvalue weighted by molar-refractivity contribution is -0.307. The Bertz CT molecular complexity index is 793. The highest BCUT2D eigenvalue weighted by atomic mass is 16.5. The molecule has 142 valence electrons. The maximum absolute atomic E-state index is 12.8. The molecule has 1 heterocycles. The molecule has 1 aliphatic carbocycles. The van der Waals surface area contributed by atoms with Gasteiger partial charge in [-0.15, -0.1) is 0 Å². The van der Waals surface area contributed by atoms with Crippen molar-refractivity contribution < 1.29 is 29.0 Å². The van der Waals surface area contributed by atoms with Crippen molar-refractivity contribution in [2.75, 3.05) is 6.61 Å². The van der Waals surface area contributed by atoms with Crippen molar-refractivity contribution >= 4 is 29.9 Å². The maximum Gasteiger partial charge on any atom is 0.331 e. The number of carboxylic acids is 1. The van der Waals surface area contributed by atoms with Crippen LogP contribution in [0.2, 0.25) is 0 Å². The van der Waals surface area contributed by atoms with E-state index in [1.54, 1.807) is 12.1 Å². The zero-order chi connectivity index (χ0) is 19.4. The highest BCUT2D eigenvalue weighted by Crippen LogP contribution is 2.26. The van der Waals surface area contributed by atoms with Gasteiger partial charge in [0.2, 0.25) is 0 Å². The highest BCUT2D eigenvalue weighted by Gasteiger charge is 2.40. The summed E-state index contributed by atoms with van der Waals surface area (Å²) in [6.07, 6.45) is 5.86. The number of aliphatic carboxylic acids is 1. The van der Waals surface area contributed by atoms with Gasteiger partial charge < -0.3 is 14.6 Å². The van der Waals surface area contributed by atoms with Crippen LogP contribution in [0, 0.1) is 0 Å². The molecule has 8 heteroatoms. The largest absolute Gasteiger partial charge is 0.546 e. The Labute approximate surface area is 155 Å². The van der Waals surface area contributed by atoms with E-state index in [2.05, 4.69) is 5.32 Å². The number of nitrogens with zero attached hydrogens (tertiary/aromatic N) is 1. The number of rotatable bonds is 5. The van der Waals surface area contributed by atoms with Crippen molar-refractivity contribution in [2.24, 2.45) is 0 Å². The van der Waals surface area contributed by atoms with Gasteiger partial charge in [0.25, 0.3) is 11.8 Å². The predicted molar refractivity (Wildman–Crippen MR) is 92.2 cm³/mol. The van der Waals surface area contributed by atoms with E-state index in [9.17, 15) is 24.3 Å². The van der Waals surface area contributed by atoms with Gasteiger partial charge >= 0.3 is 6.03 Å². The van der Waals surface area contributed by atoms with E-state index >= 15 is 0 Å². The summed E-state index contributed by atoms with van der Waals surface area (Å²) in [4.78, 5) is 48.6. The van der Waals surface area contributed by atoms with Crippen molar-refractivity contribution in [2.45, 2.75) is 38.1 Å². The Morgan fingerprint density at radius 1 is 1.15 bits per heavy atom. The van der Waals surface area contributed by atoms with Gasteiger partial charge in [-0.2, -0.15) is 0 Å². The van der Waals surface area contributed by atoms with Crippen LogP contribution in [0.25, 0.3) is 6.08 Å². The highest BCUT2D eigenvalue weighted by molar-refractivity contribution is 6.31. The summed E-state index contributed by atoms with van der Waals surface area (Å²) >= 11 is 0. The van der Waals surface area contributed by atoms with Crippen LogP contribution in [0.3, 0.4) is 0 Å². The number of hydrogen-bond donors (Lipinski definition) is 1. The van der Waals surface area contributed by atoms with E-state index in [1.165, 1.54) is 18.2 Å². The topological polar surface area (TPSA) is 116 Å². The molecular formula is C19H19N2O6-. The normalized spacial score (nSPS) is 19.9. The Balaban J connectivity index is 1.79. The molecule has 1 aromatic carbocycles. The molecule has 3 rings (SSSR count). The zero-order valence-electron chi connectivity index (χ0n) is 14.6. The van der Waals surface area contributed by atoms with Crippen LogP contribution < -0.4 is 15.2 Å². The standard InChI is InChI=1S/C19H20N2O6/c22-16(23)11-27-14-8-6-12(7-9-14)10-15-17(24)20-19(26)21(18(15)25)13-4-2-1-3-5-13/h6-10,13H,1-5,11H2,(H,22,23)(H,20,24,26)/p-1/b15-10-. The van der Waals surface area contributed by atoms with Crippen molar-refractivity contribution in [1.82, 2.24) is 10.2 Å². The van der Waals surface area contributed by atoms with Crippen molar-refractivity contribution in [3.8, 4) is 5.75 Å². The molecule has 0 radical (unpaired) electrons. The second-order valence-electron chi connectivity index (χ2n) is 6.51. The minimum Gasteiger partial charge on any atom is -0.546 e. The molecule has 0 aromatic heterocycles. The number of hydrogen-bond acceptors (Lipinski definition) is 6. The molecule has 1 N–H and O–H groups in total. The summed E-state index contributed by atoms with van der Waals surface area (Å²) in [6, 6.07) is 5.34. The average molecular weight is 371 g/mol. The van der Waals surface area contributed by atoms with E-state index in [0.29, 0.717) is 11.3 Å². The molecule has 0 atom stereocenters. The maximum atomic E-state index is 12.8. The van der Waals surface area contributed by atoms with Gasteiger partial charge in [-0.05, 0) is 36.6 Å². The second-order valence-corrected chi connectivity index (χ2v) is 6.51. The van der Waals surface area contributed by atoms with E-state index in [-0.39, 0.29) is 11.6 Å². The van der Waals surface area contributed by atoms with Crippen molar-refractivity contribution in [1.29, 1.82) is 0 Å². The summed E-state index contributed by atoms with van der Waals surface area (Å²) in [7, 11) is 0. The molecule has 4 amide bonds. The Kier molecular flexibility index (Phi) is 5.54. The second kappa shape index (κ2) is 8.03. The number of carbonyl (C=O) groups excluding carboxylic acids is 4. The third-order valence-corrected chi connectivity index (χ3v) is 4.62. The van der Waals surface area contributed by atoms with Gasteiger partial charge in [0.1, 0.15) is 17.9 Å². The first-order valence-electron chi connectivity index (χ1n) is 8.79. The van der Waals surface area contributed by atoms with Crippen LogP contribution in [0.4, 0.5) is 4.79 Å². The van der Waals surface area contributed by atoms with Crippen LogP contribution in [0.5, 0.6) is 5.75 Å². The summed E-state index contributed by atoms with van der Waals surface area (Å²) in [5, 5.41) is 12.6. The molecule has 2 fully saturated rings. The van der Waals surface area contributed by atoms with Crippen LogP contribution in [-0.4, -0.2) is 41.4 Å². The number of benzene rings is 1. The smallest absolute Gasteiger partial charge is 0.331 e. The van der Waals surface area contributed by atoms with Crippen LogP contribution >= 0.6 is 0 Å². The van der Waals surface area contributed by atoms with Crippen LogP contribution in [0.1, 0.15) is 37.7 Å². The fraction of sp³-hybridized carbons (Fsp3) is 0.368. The summed E-state index contributed by atoms with van der Waals surface area (Å²) in [6.45, 7) is -0.570. The van der Waals surface area contributed by atoms with E-state index in [4.69, 9.17) is 4.74 Å². The number of ether oxygens (including phenoxy) is 1. The SMILES string of the molecule is O=C([O-])COc1ccc(/C=C2/C(=O)NC(=O)N(C3CCCCC3)C2=O)cc1. The van der Waals surface area contributed by atoms with E-state index in [1.807, 2.05) is 0 Å². The number of amides is 4. The molecule has 8 nitrogen and oxygen atoms in total. The van der Waals surface area contributed by atoms with Gasteiger partial charge in [-0.3, -0.25) is 19.8 Å². The quantitative estimate of drug-likeness (QED) is 0.599. The van der Waals surface area contributed by atoms with E-state index in [0.717, 1.165) is 37.0 Å². The first-order valence-corrected chi connectivity index (χ1v) is 8.79. The van der Waals surface area contributed by atoms with Gasteiger partial charge in [-0.1, -0.05) is 31.4 Å². The molecule has 2 aliphatic rings. The van der Waals surface area contributed by atoms with Crippen molar-refractivity contribution in [3.63, 3.8) is 0 Å². The summed E-state index contributed by atoms with van der Waals surface area (Å²) in [5.74, 6) is -2.33. The minimum absolute atomic E-state index is 0.108. The summed E-state index contributed by atoms with van der Waals surface area (Å²) in [5.41, 5.74) is 0.441. The fourth-order valence-corrected chi connectivity index (χ4v) is 3.31. The number of carbonyl (C=O) groups is 4. The molecule has 1 aromatic rings. The fourth-order valence-electron chi connectivity index (χ4n) is 3.31. The molecule has 1 saturated heterocycles. The number of carboxylic acid groups (broad SMARTS) is 1. The third kappa shape index (κ3) is 4.33. The molecular weight excluding hydrogens is 352 g/mol. The minimum atomic E-state index is -1.34. The molecule has 0 unspecified atom stereocenters. The molecule has 27 heavy (non-hydrogen) atoms. The van der Waals surface area contributed by atoms with Gasteiger partial charge in [0.15, 0.2) is 0 Å². The first-order chi connectivity index (χ1) is 13.0.